The molecule has 9 heteroatoms. The smallest absolute Gasteiger partial charge is 0.179 e. The topological polar surface area (TPSA) is 90.4 Å². The molecule has 1 heterocycles. The number of hydrogen-bond donors (Lipinski definition) is 1. The molecule has 0 atom stereocenters. The number of benzene rings is 1. The molecule has 0 saturated carbocycles. The average molecular weight is 342 g/mol. The van der Waals surface area contributed by atoms with Gasteiger partial charge in [-0.15, -0.1) is 0 Å². The molecule has 1 aliphatic rings. The van der Waals surface area contributed by atoms with Crippen molar-refractivity contribution in [2.24, 2.45) is 0 Å². The van der Waals surface area contributed by atoms with E-state index in [0.717, 1.165) is 6.07 Å². The quantitative estimate of drug-likeness (QED) is 0.500. The summed E-state index contributed by atoms with van der Waals surface area (Å²) in [6.45, 7) is 2.46. The second-order valence-corrected chi connectivity index (χ2v) is 7.48. The SMILES string of the molecule is CCS(=O)(=O)c1cc(N2CCN(C)C2=S)c(F)c(N)c1C#N. The maximum atomic E-state index is 14.5. The van der Waals surface area contributed by atoms with Crippen LogP contribution < -0.4 is 10.6 Å². The lowest BCUT2D eigenvalue weighted by atomic mass is 10.1. The fraction of sp³-hybridized carbons (Fsp3) is 0.385. The summed E-state index contributed by atoms with van der Waals surface area (Å²) in [5, 5.41) is 9.50. The van der Waals surface area contributed by atoms with E-state index in [1.54, 1.807) is 18.0 Å². The van der Waals surface area contributed by atoms with E-state index in [9.17, 15) is 12.8 Å². The van der Waals surface area contributed by atoms with Gasteiger partial charge in [0.1, 0.15) is 6.07 Å². The molecule has 22 heavy (non-hydrogen) atoms. The van der Waals surface area contributed by atoms with Crippen molar-refractivity contribution < 1.29 is 12.8 Å². The maximum Gasteiger partial charge on any atom is 0.179 e. The van der Waals surface area contributed by atoms with Crippen LogP contribution in [0.1, 0.15) is 12.5 Å². The summed E-state index contributed by atoms with van der Waals surface area (Å²) in [6, 6.07) is 2.82. The van der Waals surface area contributed by atoms with Gasteiger partial charge in [0.05, 0.1) is 27.6 Å². The fourth-order valence-electron chi connectivity index (χ4n) is 2.22. The van der Waals surface area contributed by atoms with Gasteiger partial charge < -0.3 is 15.5 Å². The van der Waals surface area contributed by atoms with Gasteiger partial charge in [-0.05, 0) is 18.3 Å². The van der Waals surface area contributed by atoms with Gasteiger partial charge in [0.2, 0.25) is 0 Å². The third-order valence-corrected chi connectivity index (χ3v) is 5.86. The molecule has 1 aromatic rings. The first-order chi connectivity index (χ1) is 10.2. The van der Waals surface area contributed by atoms with Crippen LogP contribution in [-0.2, 0) is 9.84 Å². The van der Waals surface area contributed by atoms with Crippen LogP contribution in [-0.4, -0.2) is 44.3 Å². The van der Waals surface area contributed by atoms with Crippen molar-refractivity contribution in [3.8, 4) is 6.07 Å². The minimum absolute atomic E-state index is 0.0159. The highest BCUT2D eigenvalue weighted by Gasteiger charge is 2.30. The summed E-state index contributed by atoms with van der Waals surface area (Å²) < 4.78 is 38.8. The summed E-state index contributed by atoms with van der Waals surface area (Å²) >= 11 is 5.20. The summed E-state index contributed by atoms with van der Waals surface area (Å²) in [6.07, 6.45) is 0. The number of anilines is 2. The first-order valence-electron chi connectivity index (χ1n) is 6.52. The molecular weight excluding hydrogens is 327 g/mol. The Balaban J connectivity index is 2.73. The molecule has 2 rings (SSSR count). The number of nitrogens with two attached hydrogens (primary N) is 1. The highest BCUT2D eigenvalue weighted by atomic mass is 32.2. The Morgan fingerprint density at radius 1 is 1.50 bits per heavy atom. The molecule has 1 aromatic carbocycles. The minimum Gasteiger partial charge on any atom is -0.395 e. The number of sulfone groups is 1. The van der Waals surface area contributed by atoms with E-state index in [-0.39, 0.29) is 21.9 Å². The average Bonchev–Trinajstić information content (AvgIpc) is 2.81. The number of nitrogens with zero attached hydrogens (tertiary/aromatic N) is 3. The predicted octanol–water partition coefficient (Wildman–Crippen LogP) is 1.11. The molecule has 0 spiro atoms. The molecule has 0 radical (unpaired) electrons. The molecule has 1 fully saturated rings. The van der Waals surface area contributed by atoms with E-state index >= 15 is 0 Å². The van der Waals surface area contributed by atoms with Crippen LogP contribution >= 0.6 is 12.2 Å². The van der Waals surface area contributed by atoms with Crippen molar-refractivity contribution >= 4 is 38.5 Å². The molecule has 118 valence electrons. The van der Waals surface area contributed by atoms with Crippen molar-refractivity contribution in [3.63, 3.8) is 0 Å². The van der Waals surface area contributed by atoms with Crippen LogP contribution in [0.15, 0.2) is 11.0 Å². The highest BCUT2D eigenvalue weighted by Crippen LogP contribution is 2.34. The second kappa shape index (κ2) is 5.70. The number of nitrogen functional groups attached to an aromatic ring is 1. The van der Waals surface area contributed by atoms with Crippen LogP contribution in [0.2, 0.25) is 0 Å². The van der Waals surface area contributed by atoms with Crippen LogP contribution in [0, 0.1) is 17.1 Å². The van der Waals surface area contributed by atoms with Gasteiger partial charge in [0.25, 0.3) is 0 Å². The van der Waals surface area contributed by atoms with E-state index in [0.29, 0.717) is 18.2 Å². The fourth-order valence-corrected chi connectivity index (χ4v) is 3.57. The van der Waals surface area contributed by atoms with Crippen molar-refractivity contribution in [2.75, 3.05) is 36.5 Å². The second-order valence-electron chi connectivity index (χ2n) is 4.87. The number of rotatable bonds is 3. The number of halogens is 1. The Kier molecular flexibility index (Phi) is 4.26. The summed E-state index contributed by atoms with van der Waals surface area (Å²) in [5.74, 6) is -1.04. The third kappa shape index (κ3) is 2.48. The minimum atomic E-state index is -3.72. The Hall–Kier alpha value is -1.92. The standard InChI is InChI=1S/C13H15FN4O2S2/c1-3-22(19,20)10-6-9(11(14)12(16)8(10)7-15)18-5-4-17(2)13(18)21/h6H,3-5,16H2,1-2H3. The molecule has 2 N–H and O–H groups in total. The maximum absolute atomic E-state index is 14.5. The zero-order valence-corrected chi connectivity index (χ0v) is 13.8. The summed E-state index contributed by atoms with van der Waals surface area (Å²) in [5.41, 5.74) is 4.80. The number of likely N-dealkylation sites (N-methyl/N-ethyl adjacent to an activating group) is 1. The van der Waals surface area contributed by atoms with Gasteiger partial charge in [-0.1, -0.05) is 6.92 Å². The van der Waals surface area contributed by atoms with E-state index < -0.39 is 21.3 Å². The van der Waals surface area contributed by atoms with Crippen molar-refractivity contribution in [1.82, 2.24) is 4.90 Å². The van der Waals surface area contributed by atoms with Crippen LogP contribution in [0.5, 0.6) is 0 Å². The van der Waals surface area contributed by atoms with Gasteiger partial charge in [-0.2, -0.15) is 5.26 Å². The lowest BCUT2D eigenvalue weighted by Gasteiger charge is -2.22. The van der Waals surface area contributed by atoms with E-state index in [2.05, 4.69) is 0 Å². The summed E-state index contributed by atoms with van der Waals surface area (Å²) in [4.78, 5) is 2.97. The van der Waals surface area contributed by atoms with Crippen molar-refractivity contribution in [2.45, 2.75) is 11.8 Å². The lowest BCUT2D eigenvalue weighted by Crippen LogP contribution is -2.30. The predicted molar refractivity (Wildman–Crippen MR) is 85.8 cm³/mol. The molecule has 0 bridgehead atoms. The van der Waals surface area contributed by atoms with Crippen LogP contribution in [0.25, 0.3) is 0 Å². The van der Waals surface area contributed by atoms with Gasteiger partial charge in [0.15, 0.2) is 20.8 Å². The van der Waals surface area contributed by atoms with E-state index in [1.165, 1.54) is 11.8 Å². The third-order valence-electron chi connectivity index (χ3n) is 3.58. The Labute approximate surface area is 133 Å². The number of nitriles is 1. The number of hydrogen-bond acceptors (Lipinski definition) is 5. The zero-order chi connectivity index (χ0) is 16.7. The van der Waals surface area contributed by atoms with Gasteiger partial charge in [-0.25, -0.2) is 12.8 Å². The van der Waals surface area contributed by atoms with Gasteiger partial charge in [0, 0.05) is 20.1 Å². The Bertz CT molecular complexity index is 786. The molecule has 0 aromatic heterocycles. The normalized spacial score (nSPS) is 15.3. The monoisotopic (exact) mass is 342 g/mol. The molecular formula is C13H15FN4O2S2. The van der Waals surface area contributed by atoms with Crippen LogP contribution in [0.4, 0.5) is 15.8 Å². The molecule has 1 aliphatic heterocycles. The molecule has 0 amide bonds. The first-order valence-corrected chi connectivity index (χ1v) is 8.58. The summed E-state index contributed by atoms with van der Waals surface area (Å²) in [7, 11) is -1.96. The number of thiocarbonyl (C=S) groups is 1. The highest BCUT2D eigenvalue weighted by molar-refractivity contribution is 7.91. The van der Waals surface area contributed by atoms with E-state index in [1.807, 2.05) is 0 Å². The Morgan fingerprint density at radius 2 is 2.14 bits per heavy atom. The van der Waals surface area contributed by atoms with E-state index in [4.69, 9.17) is 23.2 Å². The molecule has 0 aliphatic carbocycles. The lowest BCUT2D eigenvalue weighted by molar-refractivity contribution is 0.571. The molecule has 6 nitrogen and oxygen atoms in total. The van der Waals surface area contributed by atoms with Gasteiger partial charge >= 0.3 is 0 Å². The zero-order valence-electron chi connectivity index (χ0n) is 12.1. The largest absolute Gasteiger partial charge is 0.395 e. The molecule has 0 unspecified atom stereocenters. The van der Waals surface area contributed by atoms with Crippen molar-refractivity contribution in [1.29, 1.82) is 5.26 Å². The Morgan fingerprint density at radius 3 is 2.59 bits per heavy atom. The first kappa shape index (κ1) is 16.5. The van der Waals surface area contributed by atoms with Crippen molar-refractivity contribution in [3.05, 3.63) is 17.4 Å². The van der Waals surface area contributed by atoms with Crippen LogP contribution in [0.3, 0.4) is 0 Å². The van der Waals surface area contributed by atoms with Gasteiger partial charge in [-0.3, -0.25) is 0 Å². The molecule has 1 saturated heterocycles.